The van der Waals surface area contributed by atoms with E-state index in [1.165, 1.54) is 11.1 Å². The molecule has 0 radical (unpaired) electrons. The van der Waals surface area contributed by atoms with Crippen molar-refractivity contribution in [2.75, 3.05) is 11.9 Å². The molecule has 4 N–H and O–H groups in total. The number of benzene rings is 2. The Morgan fingerprint density at radius 2 is 1.77 bits per heavy atom. The molecule has 0 saturated carbocycles. The van der Waals surface area contributed by atoms with Crippen LogP contribution in [0.2, 0.25) is 0 Å². The van der Waals surface area contributed by atoms with Gasteiger partial charge in [0.15, 0.2) is 0 Å². The minimum absolute atomic E-state index is 0.127. The van der Waals surface area contributed by atoms with Gasteiger partial charge in [0.05, 0.1) is 17.6 Å². The van der Waals surface area contributed by atoms with Gasteiger partial charge in [-0.05, 0) is 60.7 Å². The van der Waals surface area contributed by atoms with Crippen LogP contribution in [0.3, 0.4) is 0 Å². The number of anilines is 1. The van der Waals surface area contributed by atoms with E-state index in [2.05, 4.69) is 20.6 Å². The predicted molar refractivity (Wildman–Crippen MR) is 98.3 cm³/mol. The third kappa shape index (κ3) is 3.23. The van der Waals surface area contributed by atoms with Gasteiger partial charge in [0, 0.05) is 11.3 Å². The molecule has 1 aliphatic rings. The number of aryl methyl sites for hydroxylation is 2. The van der Waals surface area contributed by atoms with Crippen LogP contribution in [-0.2, 0) is 17.6 Å². The molecule has 2 amide bonds. The summed E-state index contributed by atoms with van der Waals surface area (Å²) in [4.78, 5) is 40.8. The molecule has 0 atom stereocenters. The number of fused-ring (bicyclic) bond motifs is 2. The van der Waals surface area contributed by atoms with Crippen LogP contribution < -0.4 is 16.3 Å². The second-order valence-electron chi connectivity index (χ2n) is 6.41. The summed E-state index contributed by atoms with van der Waals surface area (Å²) in [7, 11) is 0. The summed E-state index contributed by atoms with van der Waals surface area (Å²) in [5, 5.41) is 5.34. The predicted octanol–water partition coefficient (Wildman–Crippen LogP) is 1.71. The van der Waals surface area contributed by atoms with E-state index in [4.69, 9.17) is 0 Å². The van der Waals surface area contributed by atoms with E-state index in [0.29, 0.717) is 22.3 Å². The number of hydrogen-bond acceptors (Lipinski definition) is 3. The summed E-state index contributed by atoms with van der Waals surface area (Å²) < 4.78 is 0. The fraction of sp³-hybridized carbons (Fsp3) is 0.211. The monoisotopic (exact) mass is 350 g/mol. The van der Waals surface area contributed by atoms with Crippen molar-refractivity contribution in [1.29, 1.82) is 0 Å². The molecule has 7 nitrogen and oxygen atoms in total. The maximum absolute atomic E-state index is 12.2. The Bertz CT molecular complexity index is 1060. The highest BCUT2D eigenvalue weighted by Crippen LogP contribution is 2.22. The van der Waals surface area contributed by atoms with Gasteiger partial charge in [-0.2, -0.15) is 0 Å². The number of carbonyl (C=O) groups excluding carboxylic acids is 2. The van der Waals surface area contributed by atoms with Crippen molar-refractivity contribution in [2.45, 2.75) is 19.3 Å². The molecule has 0 saturated heterocycles. The second-order valence-corrected chi connectivity index (χ2v) is 6.41. The SMILES string of the molecule is O=C(CNC(=O)c1ccc2c(c1)CCC2)Nc1ccc2[nH]c(=O)[nH]c2c1. The summed E-state index contributed by atoms with van der Waals surface area (Å²) in [5.41, 5.74) is 4.61. The number of aromatic amines is 2. The van der Waals surface area contributed by atoms with Crippen LogP contribution in [0.15, 0.2) is 41.2 Å². The van der Waals surface area contributed by atoms with Crippen LogP contribution in [0.1, 0.15) is 27.9 Å². The van der Waals surface area contributed by atoms with Gasteiger partial charge in [-0.1, -0.05) is 6.07 Å². The standard InChI is InChI=1S/C19H18N4O3/c24-17(21-14-6-7-15-16(9-14)23-19(26)22-15)10-20-18(25)13-5-4-11-2-1-3-12(11)8-13/h4-9H,1-3,10H2,(H,20,25)(H,21,24)(H2,22,23,26). The van der Waals surface area contributed by atoms with Gasteiger partial charge < -0.3 is 20.6 Å². The zero-order valence-electron chi connectivity index (χ0n) is 14.0. The van der Waals surface area contributed by atoms with E-state index in [1.54, 1.807) is 24.3 Å². The largest absolute Gasteiger partial charge is 0.343 e. The molecule has 0 aliphatic heterocycles. The Morgan fingerprint density at radius 3 is 2.65 bits per heavy atom. The van der Waals surface area contributed by atoms with Crippen molar-refractivity contribution in [3.63, 3.8) is 0 Å². The minimum atomic E-state index is -0.336. The second kappa shape index (κ2) is 6.51. The molecule has 1 aliphatic carbocycles. The van der Waals surface area contributed by atoms with Crippen LogP contribution in [0.25, 0.3) is 11.0 Å². The van der Waals surface area contributed by atoms with Gasteiger partial charge in [0.25, 0.3) is 5.91 Å². The van der Waals surface area contributed by atoms with Crippen LogP contribution in [0, 0.1) is 0 Å². The average molecular weight is 350 g/mol. The minimum Gasteiger partial charge on any atom is -0.343 e. The van der Waals surface area contributed by atoms with Crippen molar-refractivity contribution < 1.29 is 9.59 Å². The molecular formula is C19H18N4O3. The number of H-pyrrole nitrogens is 2. The molecule has 0 fully saturated rings. The van der Waals surface area contributed by atoms with Crippen molar-refractivity contribution in [3.05, 3.63) is 63.6 Å². The summed E-state index contributed by atoms with van der Waals surface area (Å²) in [5.74, 6) is -0.600. The smallest absolute Gasteiger partial charge is 0.323 e. The first-order valence-electron chi connectivity index (χ1n) is 8.50. The summed E-state index contributed by atoms with van der Waals surface area (Å²) in [6.45, 7) is -0.127. The molecule has 7 heteroatoms. The summed E-state index contributed by atoms with van der Waals surface area (Å²) >= 11 is 0. The molecule has 0 bridgehead atoms. The highest BCUT2D eigenvalue weighted by atomic mass is 16.2. The Kier molecular flexibility index (Phi) is 4.04. The highest BCUT2D eigenvalue weighted by Gasteiger charge is 2.14. The van der Waals surface area contributed by atoms with Crippen molar-refractivity contribution in [2.24, 2.45) is 0 Å². The topological polar surface area (TPSA) is 107 Å². The van der Waals surface area contributed by atoms with Crippen molar-refractivity contribution >= 4 is 28.5 Å². The Morgan fingerprint density at radius 1 is 0.962 bits per heavy atom. The van der Waals surface area contributed by atoms with Gasteiger partial charge in [0.1, 0.15) is 0 Å². The average Bonchev–Trinajstić information content (AvgIpc) is 3.23. The van der Waals surface area contributed by atoms with Gasteiger partial charge in [0.2, 0.25) is 5.91 Å². The van der Waals surface area contributed by atoms with Crippen LogP contribution in [0.4, 0.5) is 5.69 Å². The molecule has 3 aromatic rings. The molecule has 4 rings (SSSR count). The van der Waals surface area contributed by atoms with E-state index in [-0.39, 0.29) is 24.0 Å². The van der Waals surface area contributed by atoms with Crippen LogP contribution >= 0.6 is 0 Å². The molecule has 0 spiro atoms. The normalized spacial score (nSPS) is 12.8. The van der Waals surface area contributed by atoms with E-state index in [0.717, 1.165) is 19.3 Å². The number of aromatic nitrogens is 2. The highest BCUT2D eigenvalue weighted by molar-refractivity contribution is 6.00. The molecule has 2 aromatic carbocycles. The van der Waals surface area contributed by atoms with Crippen molar-refractivity contribution in [1.82, 2.24) is 15.3 Å². The molecule has 26 heavy (non-hydrogen) atoms. The van der Waals surface area contributed by atoms with Gasteiger partial charge >= 0.3 is 5.69 Å². The van der Waals surface area contributed by atoms with Crippen LogP contribution in [0.5, 0.6) is 0 Å². The maximum atomic E-state index is 12.2. The Labute approximate surface area is 148 Å². The lowest BCUT2D eigenvalue weighted by Gasteiger charge is -2.08. The molecular weight excluding hydrogens is 332 g/mol. The third-order valence-electron chi connectivity index (χ3n) is 4.57. The van der Waals surface area contributed by atoms with Gasteiger partial charge in [-0.15, -0.1) is 0 Å². The molecule has 0 unspecified atom stereocenters. The first-order chi connectivity index (χ1) is 12.6. The van der Waals surface area contributed by atoms with E-state index in [9.17, 15) is 14.4 Å². The number of amides is 2. The molecule has 1 heterocycles. The zero-order valence-corrected chi connectivity index (χ0v) is 14.0. The number of nitrogens with one attached hydrogen (secondary N) is 4. The molecule has 132 valence electrons. The van der Waals surface area contributed by atoms with Crippen LogP contribution in [-0.4, -0.2) is 28.3 Å². The number of rotatable bonds is 4. The lowest BCUT2D eigenvalue weighted by molar-refractivity contribution is -0.115. The maximum Gasteiger partial charge on any atom is 0.323 e. The Balaban J connectivity index is 1.36. The first kappa shape index (κ1) is 16.1. The lowest BCUT2D eigenvalue weighted by atomic mass is 10.1. The van der Waals surface area contributed by atoms with E-state index in [1.807, 2.05) is 12.1 Å². The quantitative estimate of drug-likeness (QED) is 0.575. The third-order valence-corrected chi connectivity index (χ3v) is 4.57. The van der Waals surface area contributed by atoms with Gasteiger partial charge in [-0.3, -0.25) is 9.59 Å². The number of carbonyl (C=O) groups is 2. The summed E-state index contributed by atoms with van der Waals surface area (Å²) in [6, 6.07) is 10.7. The number of hydrogen-bond donors (Lipinski definition) is 4. The van der Waals surface area contributed by atoms with Crippen molar-refractivity contribution in [3.8, 4) is 0 Å². The van der Waals surface area contributed by atoms with Gasteiger partial charge in [-0.25, -0.2) is 4.79 Å². The van der Waals surface area contributed by atoms with E-state index < -0.39 is 0 Å². The first-order valence-corrected chi connectivity index (χ1v) is 8.50. The Hall–Kier alpha value is -3.35. The number of imidazole rings is 1. The fourth-order valence-electron chi connectivity index (χ4n) is 3.29. The zero-order chi connectivity index (χ0) is 18.1. The lowest BCUT2D eigenvalue weighted by Crippen LogP contribution is -2.32. The van der Waals surface area contributed by atoms with E-state index >= 15 is 0 Å². The summed E-state index contributed by atoms with van der Waals surface area (Å²) in [6.07, 6.45) is 3.19. The fourth-order valence-corrected chi connectivity index (χ4v) is 3.29. The molecule has 1 aromatic heterocycles.